The van der Waals surface area contributed by atoms with Gasteiger partial charge in [-0.3, -0.25) is 0 Å². The van der Waals surface area contributed by atoms with Crippen molar-refractivity contribution in [1.82, 2.24) is 0 Å². The lowest BCUT2D eigenvalue weighted by Gasteiger charge is -2.42. The van der Waals surface area contributed by atoms with Crippen LogP contribution in [0.15, 0.2) is 0 Å². The molecule has 66 valence electrons. The van der Waals surface area contributed by atoms with E-state index in [0.717, 1.165) is 5.92 Å². The maximum absolute atomic E-state index is 2.40. The number of piperidine rings is 1. The second-order valence-electron chi connectivity index (χ2n) is 4.13. The fourth-order valence-corrected chi connectivity index (χ4v) is 2.42. The molecule has 1 heteroatoms. The van der Waals surface area contributed by atoms with Gasteiger partial charge in [-0.05, 0) is 26.7 Å². The molecule has 1 atom stereocenters. The molecule has 1 unspecified atom stereocenters. The van der Waals surface area contributed by atoms with Crippen LogP contribution < -0.4 is 0 Å². The average Bonchev–Trinajstić information content (AvgIpc) is 2.04. The third kappa shape index (κ3) is 1.96. The molecule has 11 heavy (non-hydrogen) atoms. The average molecular weight is 156 g/mol. The topological polar surface area (TPSA) is 0 Å². The highest BCUT2D eigenvalue weighted by Crippen LogP contribution is 2.22. The van der Waals surface area contributed by atoms with Gasteiger partial charge in [0.25, 0.3) is 0 Å². The van der Waals surface area contributed by atoms with Crippen LogP contribution in [0.2, 0.25) is 0 Å². The van der Waals surface area contributed by atoms with Gasteiger partial charge in [0.15, 0.2) is 0 Å². The Kier molecular flexibility index (Phi) is 2.94. The molecule has 1 aliphatic rings. The molecule has 1 saturated heterocycles. The Balaban J connectivity index is 2.52. The summed E-state index contributed by atoms with van der Waals surface area (Å²) >= 11 is 0. The normalized spacial score (nSPS) is 30.3. The highest BCUT2D eigenvalue weighted by molar-refractivity contribution is 4.59. The van der Waals surface area contributed by atoms with Gasteiger partial charge < -0.3 is 4.48 Å². The zero-order valence-electron chi connectivity index (χ0n) is 8.27. The van der Waals surface area contributed by atoms with Gasteiger partial charge in [-0.2, -0.15) is 0 Å². The molecule has 0 radical (unpaired) electrons. The summed E-state index contributed by atoms with van der Waals surface area (Å²) in [6.45, 7) is 12.6. The first-order chi connectivity index (χ1) is 5.22. The van der Waals surface area contributed by atoms with Crippen LogP contribution in [-0.4, -0.2) is 30.7 Å². The third-order valence-electron chi connectivity index (χ3n) is 3.37. The van der Waals surface area contributed by atoms with E-state index in [9.17, 15) is 0 Å². The minimum atomic E-state index is 0.962. The van der Waals surface area contributed by atoms with Gasteiger partial charge in [0.2, 0.25) is 0 Å². The molecule has 0 N–H and O–H groups in total. The monoisotopic (exact) mass is 156 g/mol. The van der Waals surface area contributed by atoms with E-state index < -0.39 is 0 Å². The molecule has 0 aromatic rings. The van der Waals surface area contributed by atoms with Crippen LogP contribution in [0.1, 0.15) is 33.6 Å². The van der Waals surface area contributed by atoms with Crippen LogP contribution >= 0.6 is 0 Å². The summed E-state index contributed by atoms with van der Waals surface area (Å²) in [5, 5.41) is 0. The molecular weight excluding hydrogens is 134 g/mol. The van der Waals surface area contributed by atoms with Gasteiger partial charge in [-0.1, -0.05) is 6.92 Å². The number of hydrogen-bond acceptors (Lipinski definition) is 0. The van der Waals surface area contributed by atoms with Crippen LogP contribution in [-0.2, 0) is 0 Å². The number of hydrogen-bond donors (Lipinski definition) is 0. The largest absolute Gasteiger partial charge is 0.324 e. The lowest BCUT2D eigenvalue weighted by atomic mass is 9.97. The number of rotatable bonds is 2. The van der Waals surface area contributed by atoms with E-state index in [1.165, 1.54) is 43.5 Å². The molecule has 0 aromatic carbocycles. The lowest BCUT2D eigenvalue weighted by Crippen LogP contribution is -2.53. The van der Waals surface area contributed by atoms with Crippen LogP contribution in [0.4, 0.5) is 0 Å². The predicted octanol–water partition coefficient (Wildman–Crippen LogP) is 2.27. The van der Waals surface area contributed by atoms with Crippen molar-refractivity contribution in [3.05, 3.63) is 0 Å². The first-order valence-corrected chi connectivity index (χ1v) is 5.07. The van der Waals surface area contributed by atoms with Gasteiger partial charge in [0.05, 0.1) is 26.2 Å². The quantitative estimate of drug-likeness (QED) is 0.538. The fourth-order valence-electron chi connectivity index (χ4n) is 2.42. The molecule has 1 heterocycles. The van der Waals surface area contributed by atoms with E-state index in [0.29, 0.717) is 0 Å². The van der Waals surface area contributed by atoms with Crippen LogP contribution in [0.3, 0.4) is 0 Å². The molecule has 0 aromatic heterocycles. The van der Waals surface area contributed by atoms with Gasteiger partial charge in [0.1, 0.15) is 0 Å². The molecular formula is C10H22N+. The van der Waals surface area contributed by atoms with E-state index in [1.54, 1.807) is 0 Å². The Morgan fingerprint density at radius 2 is 1.91 bits per heavy atom. The summed E-state index contributed by atoms with van der Waals surface area (Å²) in [5.74, 6) is 0.962. The van der Waals surface area contributed by atoms with E-state index in [2.05, 4.69) is 20.8 Å². The van der Waals surface area contributed by atoms with Crippen LogP contribution in [0, 0.1) is 5.92 Å². The van der Waals surface area contributed by atoms with Crippen molar-refractivity contribution in [2.45, 2.75) is 33.6 Å². The highest BCUT2D eigenvalue weighted by Gasteiger charge is 2.29. The smallest absolute Gasteiger partial charge is 0.0812 e. The second-order valence-corrected chi connectivity index (χ2v) is 4.13. The van der Waals surface area contributed by atoms with Crippen molar-refractivity contribution in [2.24, 2.45) is 5.92 Å². The molecule has 0 spiro atoms. The first-order valence-electron chi connectivity index (χ1n) is 5.07. The maximum Gasteiger partial charge on any atom is 0.0812 e. The van der Waals surface area contributed by atoms with Gasteiger partial charge in [0, 0.05) is 5.92 Å². The van der Waals surface area contributed by atoms with Crippen molar-refractivity contribution < 1.29 is 4.48 Å². The molecule has 1 rings (SSSR count). The van der Waals surface area contributed by atoms with Gasteiger partial charge >= 0.3 is 0 Å². The Morgan fingerprint density at radius 1 is 1.27 bits per heavy atom. The first kappa shape index (κ1) is 9.05. The van der Waals surface area contributed by atoms with E-state index >= 15 is 0 Å². The molecule has 1 fully saturated rings. The fraction of sp³-hybridized carbons (Fsp3) is 1.00. The summed E-state index contributed by atoms with van der Waals surface area (Å²) in [6.07, 6.45) is 2.91. The Bertz CT molecular complexity index is 116. The van der Waals surface area contributed by atoms with Gasteiger partial charge in [-0.15, -0.1) is 0 Å². The minimum absolute atomic E-state index is 0.962. The SMILES string of the molecule is CC[N+]1(CC)CCCC(C)C1. The Morgan fingerprint density at radius 3 is 2.27 bits per heavy atom. The van der Waals surface area contributed by atoms with Crippen molar-refractivity contribution >= 4 is 0 Å². The van der Waals surface area contributed by atoms with E-state index in [1.807, 2.05) is 0 Å². The zero-order valence-corrected chi connectivity index (χ0v) is 8.27. The van der Waals surface area contributed by atoms with Crippen molar-refractivity contribution in [3.63, 3.8) is 0 Å². The molecule has 0 aliphatic carbocycles. The summed E-state index contributed by atoms with van der Waals surface area (Å²) in [7, 11) is 0. The molecule has 0 amide bonds. The van der Waals surface area contributed by atoms with Crippen molar-refractivity contribution in [2.75, 3.05) is 26.2 Å². The Hall–Kier alpha value is -0.0400. The Labute approximate surface area is 71.0 Å². The van der Waals surface area contributed by atoms with Crippen LogP contribution in [0.25, 0.3) is 0 Å². The van der Waals surface area contributed by atoms with Crippen LogP contribution in [0.5, 0.6) is 0 Å². The highest BCUT2D eigenvalue weighted by atomic mass is 15.3. The summed E-state index contributed by atoms with van der Waals surface area (Å²) in [6, 6.07) is 0. The van der Waals surface area contributed by atoms with Gasteiger partial charge in [-0.25, -0.2) is 0 Å². The number of likely N-dealkylation sites (tertiary alicyclic amines) is 1. The standard InChI is InChI=1S/C10H22N/c1-4-11(5-2)8-6-7-10(3)9-11/h10H,4-9H2,1-3H3/q+1. The molecule has 0 saturated carbocycles. The second kappa shape index (κ2) is 3.57. The van der Waals surface area contributed by atoms with Crippen molar-refractivity contribution in [3.8, 4) is 0 Å². The molecule has 0 bridgehead atoms. The zero-order chi connectivity index (χ0) is 8.32. The summed E-state index contributed by atoms with van der Waals surface area (Å²) in [4.78, 5) is 0. The molecule has 1 nitrogen and oxygen atoms in total. The summed E-state index contributed by atoms with van der Waals surface area (Å²) in [5.41, 5.74) is 0. The maximum atomic E-state index is 2.40. The predicted molar refractivity (Wildman–Crippen MR) is 49.5 cm³/mol. The lowest BCUT2D eigenvalue weighted by molar-refractivity contribution is -0.932. The summed E-state index contributed by atoms with van der Waals surface area (Å²) < 4.78 is 1.38. The van der Waals surface area contributed by atoms with E-state index in [4.69, 9.17) is 0 Å². The van der Waals surface area contributed by atoms with E-state index in [-0.39, 0.29) is 0 Å². The third-order valence-corrected chi connectivity index (χ3v) is 3.37. The van der Waals surface area contributed by atoms with Crippen molar-refractivity contribution in [1.29, 1.82) is 0 Å². The molecule has 1 aliphatic heterocycles. The minimum Gasteiger partial charge on any atom is -0.324 e. The number of quaternary nitrogens is 1. The number of nitrogens with zero attached hydrogens (tertiary/aromatic N) is 1.